The Morgan fingerprint density at radius 3 is 2.65 bits per heavy atom. The third-order valence-corrected chi connectivity index (χ3v) is 6.57. The second-order valence-electron chi connectivity index (χ2n) is 5.47. The lowest BCUT2D eigenvalue weighted by Gasteiger charge is -2.27. The summed E-state index contributed by atoms with van der Waals surface area (Å²) in [5.74, 6) is 2.43. The van der Waals surface area contributed by atoms with Crippen LogP contribution in [0.5, 0.6) is 11.5 Å². The van der Waals surface area contributed by atoms with Crippen LogP contribution in [0.1, 0.15) is 6.92 Å². The standard InChI is InChI=1S/C15H20N2O4S2/c1-4-22-15-16-11-8-23(18,19)9-12(11)17(15)10-5-6-13(20-2)14(7-10)21-3/h5-7,11-12H,4,8-9H2,1-3H3. The van der Waals surface area contributed by atoms with Gasteiger partial charge < -0.3 is 14.4 Å². The molecule has 1 aromatic carbocycles. The van der Waals surface area contributed by atoms with Crippen LogP contribution in [0, 0.1) is 0 Å². The highest BCUT2D eigenvalue weighted by Crippen LogP contribution is 2.38. The molecule has 0 radical (unpaired) electrons. The predicted molar refractivity (Wildman–Crippen MR) is 93.8 cm³/mol. The normalized spacial score (nSPS) is 25.2. The number of thioether (sulfide) groups is 1. The first-order chi connectivity index (χ1) is 11.0. The van der Waals surface area contributed by atoms with E-state index in [4.69, 9.17) is 9.47 Å². The van der Waals surface area contributed by atoms with Gasteiger partial charge in [-0.1, -0.05) is 18.7 Å². The van der Waals surface area contributed by atoms with Crippen molar-refractivity contribution in [3.8, 4) is 11.5 Å². The average Bonchev–Trinajstić information content (AvgIpc) is 2.98. The van der Waals surface area contributed by atoms with Crippen LogP contribution in [0.2, 0.25) is 0 Å². The van der Waals surface area contributed by atoms with Gasteiger partial charge in [0.2, 0.25) is 0 Å². The van der Waals surface area contributed by atoms with Crippen molar-refractivity contribution < 1.29 is 17.9 Å². The summed E-state index contributed by atoms with van der Waals surface area (Å²) >= 11 is 1.63. The van der Waals surface area contributed by atoms with Crippen molar-refractivity contribution >= 4 is 32.5 Å². The molecule has 2 atom stereocenters. The lowest BCUT2D eigenvalue weighted by molar-refractivity contribution is 0.355. The van der Waals surface area contributed by atoms with Gasteiger partial charge in [-0.25, -0.2) is 8.42 Å². The molecule has 3 rings (SSSR count). The molecule has 2 heterocycles. The Hall–Kier alpha value is -1.41. The second-order valence-corrected chi connectivity index (χ2v) is 8.85. The van der Waals surface area contributed by atoms with Crippen molar-refractivity contribution in [1.82, 2.24) is 0 Å². The zero-order chi connectivity index (χ0) is 16.6. The van der Waals surface area contributed by atoms with Gasteiger partial charge in [0, 0.05) is 11.8 Å². The van der Waals surface area contributed by atoms with Gasteiger partial charge in [-0.2, -0.15) is 0 Å². The zero-order valence-electron chi connectivity index (χ0n) is 13.4. The summed E-state index contributed by atoms with van der Waals surface area (Å²) < 4.78 is 34.6. The monoisotopic (exact) mass is 356 g/mol. The Morgan fingerprint density at radius 2 is 2.00 bits per heavy atom. The maximum Gasteiger partial charge on any atom is 0.164 e. The van der Waals surface area contributed by atoms with Gasteiger partial charge in [-0.3, -0.25) is 4.99 Å². The number of hydrogen-bond acceptors (Lipinski definition) is 7. The Kier molecular flexibility index (Phi) is 4.46. The van der Waals surface area contributed by atoms with Crippen LogP contribution in [-0.4, -0.2) is 57.1 Å². The van der Waals surface area contributed by atoms with E-state index >= 15 is 0 Å². The molecular formula is C15H20N2O4S2. The van der Waals surface area contributed by atoms with Gasteiger partial charge in [0.15, 0.2) is 26.5 Å². The number of methoxy groups -OCH3 is 2. The van der Waals surface area contributed by atoms with E-state index in [2.05, 4.69) is 11.9 Å². The van der Waals surface area contributed by atoms with E-state index < -0.39 is 9.84 Å². The van der Waals surface area contributed by atoms with Gasteiger partial charge in [0.25, 0.3) is 0 Å². The van der Waals surface area contributed by atoms with Crippen molar-refractivity contribution in [2.24, 2.45) is 4.99 Å². The number of sulfone groups is 1. The van der Waals surface area contributed by atoms with E-state index in [-0.39, 0.29) is 23.6 Å². The van der Waals surface area contributed by atoms with Crippen LogP contribution in [0.15, 0.2) is 23.2 Å². The number of ether oxygens (including phenoxy) is 2. The molecule has 2 aliphatic rings. The molecule has 0 aromatic heterocycles. The van der Waals surface area contributed by atoms with E-state index in [0.29, 0.717) is 11.5 Å². The molecule has 1 aromatic rings. The van der Waals surface area contributed by atoms with Crippen LogP contribution in [0.25, 0.3) is 0 Å². The van der Waals surface area contributed by atoms with Gasteiger partial charge in [0.05, 0.1) is 37.8 Å². The number of nitrogens with zero attached hydrogens (tertiary/aromatic N) is 2. The first-order valence-corrected chi connectivity index (χ1v) is 10.2. The molecular weight excluding hydrogens is 336 g/mol. The fourth-order valence-corrected chi connectivity index (χ4v) is 5.73. The first-order valence-electron chi connectivity index (χ1n) is 7.41. The summed E-state index contributed by atoms with van der Waals surface area (Å²) in [6.45, 7) is 2.06. The van der Waals surface area contributed by atoms with E-state index in [9.17, 15) is 8.42 Å². The number of fused-ring (bicyclic) bond motifs is 1. The quantitative estimate of drug-likeness (QED) is 0.819. The van der Waals surface area contributed by atoms with E-state index in [1.165, 1.54) is 0 Å². The van der Waals surface area contributed by atoms with Gasteiger partial charge in [0.1, 0.15) is 0 Å². The topological polar surface area (TPSA) is 68.2 Å². The minimum absolute atomic E-state index is 0.132. The molecule has 8 heteroatoms. The maximum absolute atomic E-state index is 12.0. The van der Waals surface area contributed by atoms with Crippen molar-refractivity contribution in [3.63, 3.8) is 0 Å². The lowest BCUT2D eigenvalue weighted by atomic mass is 10.1. The summed E-state index contributed by atoms with van der Waals surface area (Å²) in [6.07, 6.45) is 0. The van der Waals surface area contributed by atoms with Crippen molar-refractivity contribution in [2.75, 3.05) is 36.4 Å². The molecule has 0 aliphatic carbocycles. The van der Waals surface area contributed by atoms with Crippen LogP contribution in [0.4, 0.5) is 5.69 Å². The maximum atomic E-state index is 12.0. The van der Waals surface area contributed by atoms with Crippen LogP contribution < -0.4 is 14.4 Å². The molecule has 2 unspecified atom stereocenters. The Morgan fingerprint density at radius 1 is 1.26 bits per heavy atom. The zero-order valence-corrected chi connectivity index (χ0v) is 15.0. The summed E-state index contributed by atoms with van der Waals surface area (Å²) in [7, 11) is 0.150. The second kappa shape index (κ2) is 6.24. The molecule has 0 N–H and O–H groups in total. The van der Waals surface area contributed by atoms with Gasteiger partial charge >= 0.3 is 0 Å². The number of aliphatic imine (C=N–C) groups is 1. The fourth-order valence-electron chi connectivity index (χ4n) is 3.04. The van der Waals surface area contributed by atoms with E-state index in [1.54, 1.807) is 26.0 Å². The van der Waals surface area contributed by atoms with Crippen LogP contribution in [0.3, 0.4) is 0 Å². The van der Waals surface area contributed by atoms with E-state index in [1.807, 2.05) is 23.1 Å². The number of hydrogen-bond donors (Lipinski definition) is 0. The van der Waals surface area contributed by atoms with Crippen molar-refractivity contribution in [2.45, 2.75) is 19.0 Å². The van der Waals surface area contributed by atoms with Crippen molar-refractivity contribution in [3.05, 3.63) is 18.2 Å². The first kappa shape index (κ1) is 16.4. The SMILES string of the molecule is CCSC1=NC2CS(=O)(=O)CC2N1c1ccc(OC)c(OC)c1. The van der Waals surface area contributed by atoms with E-state index in [0.717, 1.165) is 16.6 Å². The smallest absolute Gasteiger partial charge is 0.164 e. The molecule has 126 valence electrons. The van der Waals surface area contributed by atoms with Crippen LogP contribution >= 0.6 is 11.8 Å². The largest absolute Gasteiger partial charge is 0.493 e. The lowest BCUT2D eigenvalue weighted by Crippen LogP contribution is -2.39. The minimum atomic E-state index is -3.03. The molecule has 0 spiro atoms. The molecule has 1 saturated heterocycles. The third-order valence-electron chi connectivity index (χ3n) is 4.03. The number of benzene rings is 1. The molecule has 1 fully saturated rings. The number of rotatable bonds is 4. The van der Waals surface area contributed by atoms with Crippen LogP contribution in [-0.2, 0) is 9.84 Å². The fraction of sp³-hybridized carbons (Fsp3) is 0.533. The Bertz CT molecular complexity index is 733. The van der Waals surface area contributed by atoms with Gasteiger partial charge in [-0.05, 0) is 17.9 Å². The Labute approximate surface area is 140 Å². The summed E-state index contributed by atoms with van der Waals surface area (Å²) in [6, 6.07) is 5.31. The predicted octanol–water partition coefficient (Wildman–Crippen LogP) is 1.80. The molecule has 0 bridgehead atoms. The summed E-state index contributed by atoms with van der Waals surface area (Å²) in [5.41, 5.74) is 0.881. The highest BCUT2D eigenvalue weighted by Gasteiger charge is 2.47. The molecule has 6 nitrogen and oxygen atoms in total. The number of anilines is 1. The highest BCUT2D eigenvalue weighted by atomic mass is 32.2. The molecule has 0 amide bonds. The Balaban J connectivity index is 2.00. The third kappa shape index (κ3) is 3.01. The molecule has 0 saturated carbocycles. The molecule has 23 heavy (non-hydrogen) atoms. The average molecular weight is 356 g/mol. The van der Waals surface area contributed by atoms with Crippen molar-refractivity contribution in [1.29, 1.82) is 0 Å². The number of amidine groups is 1. The minimum Gasteiger partial charge on any atom is -0.493 e. The summed E-state index contributed by atoms with van der Waals surface area (Å²) in [4.78, 5) is 6.68. The highest BCUT2D eigenvalue weighted by molar-refractivity contribution is 8.14. The van der Waals surface area contributed by atoms with Gasteiger partial charge in [-0.15, -0.1) is 0 Å². The molecule has 2 aliphatic heterocycles. The summed E-state index contributed by atoms with van der Waals surface area (Å²) in [5, 5.41) is 0.879.